The lowest BCUT2D eigenvalue weighted by molar-refractivity contribution is 0.0689. The van der Waals surface area contributed by atoms with E-state index in [2.05, 4.69) is 10.3 Å². The zero-order valence-electron chi connectivity index (χ0n) is 9.22. The van der Waals surface area contributed by atoms with E-state index in [0.717, 1.165) is 12.8 Å². The number of carboxylic acids is 1. The largest absolute Gasteiger partial charge is 0.476 e. The number of hydrogen-bond acceptors (Lipinski definition) is 4. The van der Waals surface area contributed by atoms with Crippen molar-refractivity contribution in [3.05, 3.63) is 11.4 Å². The van der Waals surface area contributed by atoms with E-state index in [-0.39, 0.29) is 11.7 Å². The predicted octanol–water partition coefficient (Wildman–Crippen LogP) is 0.890. The third-order valence-electron chi connectivity index (χ3n) is 2.73. The van der Waals surface area contributed by atoms with Gasteiger partial charge in [0.2, 0.25) is 0 Å². The molecule has 1 aliphatic heterocycles. The van der Waals surface area contributed by atoms with E-state index in [9.17, 15) is 4.79 Å². The van der Waals surface area contributed by atoms with Crippen molar-refractivity contribution in [1.29, 1.82) is 0 Å². The van der Waals surface area contributed by atoms with Crippen molar-refractivity contribution in [3.8, 4) is 0 Å². The van der Waals surface area contributed by atoms with Crippen LogP contribution in [0.5, 0.6) is 0 Å². The number of nitrogens with zero attached hydrogens (tertiary/aromatic N) is 3. The number of ether oxygens (including phenoxy) is 1. The van der Waals surface area contributed by atoms with Crippen LogP contribution in [0.15, 0.2) is 0 Å². The Balaban J connectivity index is 2.32. The molecule has 1 aliphatic rings. The molecule has 0 saturated carbocycles. The molecule has 6 heteroatoms. The first-order valence-corrected chi connectivity index (χ1v) is 5.49. The standard InChI is InChI=1S/C10H15N3O3/c1-2-3-8-9(10(14)15)11-12-13(8)7-4-5-16-6-7/h7H,2-6H2,1H3,(H,14,15). The second-order valence-electron chi connectivity index (χ2n) is 3.90. The van der Waals surface area contributed by atoms with E-state index < -0.39 is 5.97 Å². The Hall–Kier alpha value is -1.43. The fourth-order valence-electron chi connectivity index (χ4n) is 1.96. The summed E-state index contributed by atoms with van der Waals surface area (Å²) < 4.78 is 7.00. The molecule has 88 valence electrons. The summed E-state index contributed by atoms with van der Waals surface area (Å²) in [6.07, 6.45) is 2.44. The van der Waals surface area contributed by atoms with E-state index in [4.69, 9.17) is 9.84 Å². The summed E-state index contributed by atoms with van der Waals surface area (Å²) in [5.41, 5.74) is 0.791. The summed E-state index contributed by atoms with van der Waals surface area (Å²) in [6, 6.07) is 0.141. The molecule has 2 heterocycles. The molecule has 1 aromatic heterocycles. The van der Waals surface area contributed by atoms with Crippen LogP contribution in [0, 0.1) is 0 Å². The maximum atomic E-state index is 11.0. The van der Waals surface area contributed by atoms with Crippen LogP contribution in [0.25, 0.3) is 0 Å². The van der Waals surface area contributed by atoms with Gasteiger partial charge in [-0.25, -0.2) is 9.48 Å². The first kappa shape index (κ1) is 11.1. The molecule has 0 bridgehead atoms. The van der Waals surface area contributed by atoms with Crippen LogP contribution >= 0.6 is 0 Å². The number of rotatable bonds is 4. The molecule has 0 aromatic carbocycles. The summed E-state index contributed by atoms with van der Waals surface area (Å²) in [5.74, 6) is -1.01. The molecule has 16 heavy (non-hydrogen) atoms. The highest BCUT2D eigenvalue weighted by Gasteiger charge is 2.25. The van der Waals surface area contributed by atoms with Gasteiger partial charge in [0.15, 0.2) is 5.69 Å². The zero-order valence-corrected chi connectivity index (χ0v) is 9.22. The van der Waals surface area contributed by atoms with E-state index >= 15 is 0 Å². The normalized spacial score (nSPS) is 20.2. The van der Waals surface area contributed by atoms with Gasteiger partial charge in [-0.2, -0.15) is 0 Å². The number of aromatic carboxylic acids is 1. The van der Waals surface area contributed by atoms with Gasteiger partial charge in [0.05, 0.1) is 18.3 Å². The SMILES string of the molecule is CCCc1c(C(=O)O)nnn1C1CCOC1. The third-order valence-corrected chi connectivity index (χ3v) is 2.73. The van der Waals surface area contributed by atoms with Crippen LogP contribution in [0.1, 0.15) is 42.0 Å². The van der Waals surface area contributed by atoms with Gasteiger partial charge in [-0.1, -0.05) is 18.6 Å². The van der Waals surface area contributed by atoms with Gasteiger partial charge in [-0.05, 0) is 12.8 Å². The smallest absolute Gasteiger partial charge is 0.358 e. The van der Waals surface area contributed by atoms with Gasteiger partial charge >= 0.3 is 5.97 Å². The minimum Gasteiger partial charge on any atom is -0.476 e. The third kappa shape index (κ3) is 1.92. The number of aromatic nitrogens is 3. The number of carbonyl (C=O) groups is 1. The monoisotopic (exact) mass is 225 g/mol. The van der Waals surface area contributed by atoms with E-state index in [0.29, 0.717) is 25.3 Å². The van der Waals surface area contributed by atoms with Gasteiger partial charge in [-0.3, -0.25) is 0 Å². The van der Waals surface area contributed by atoms with Crippen molar-refractivity contribution in [2.45, 2.75) is 32.2 Å². The van der Waals surface area contributed by atoms with Crippen molar-refractivity contribution in [2.24, 2.45) is 0 Å². The maximum Gasteiger partial charge on any atom is 0.358 e. The van der Waals surface area contributed by atoms with E-state index in [1.165, 1.54) is 0 Å². The average molecular weight is 225 g/mol. The summed E-state index contributed by atoms with van der Waals surface area (Å²) in [4.78, 5) is 11.0. The first-order valence-electron chi connectivity index (χ1n) is 5.49. The fraction of sp³-hybridized carbons (Fsp3) is 0.700. The highest BCUT2D eigenvalue weighted by atomic mass is 16.5. The lowest BCUT2D eigenvalue weighted by Crippen LogP contribution is -2.15. The van der Waals surface area contributed by atoms with Crippen LogP contribution in [-0.2, 0) is 11.2 Å². The van der Waals surface area contributed by atoms with Crippen molar-refractivity contribution in [2.75, 3.05) is 13.2 Å². The Morgan fingerprint density at radius 3 is 3.06 bits per heavy atom. The lowest BCUT2D eigenvalue weighted by Gasteiger charge is -2.11. The molecular weight excluding hydrogens is 210 g/mol. The van der Waals surface area contributed by atoms with Gasteiger partial charge in [0.1, 0.15) is 0 Å². The Morgan fingerprint density at radius 2 is 2.50 bits per heavy atom. The summed E-state index contributed by atoms with van der Waals surface area (Å²) in [7, 11) is 0. The molecule has 1 fully saturated rings. The van der Waals surface area contributed by atoms with Crippen LogP contribution < -0.4 is 0 Å². The minimum absolute atomic E-state index is 0.0775. The molecule has 1 unspecified atom stereocenters. The second kappa shape index (κ2) is 4.61. The van der Waals surface area contributed by atoms with Crippen LogP contribution in [0.4, 0.5) is 0 Å². The molecule has 0 radical (unpaired) electrons. The maximum absolute atomic E-state index is 11.0. The second-order valence-corrected chi connectivity index (χ2v) is 3.90. The van der Waals surface area contributed by atoms with Gasteiger partial charge in [-0.15, -0.1) is 5.10 Å². The highest BCUT2D eigenvalue weighted by Crippen LogP contribution is 2.21. The predicted molar refractivity (Wildman–Crippen MR) is 55.4 cm³/mol. The Bertz CT molecular complexity index is 383. The summed E-state index contributed by atoms with van der Waals surface area (Å²) in [5, 5.41) is 16.7. The molecule has 1 saturated heterocycles. The molecular formula is C10H15N3O3. The van der Waals surface area contributed by atoms with Crippen molar-refractivity contribution >= 4 is 5.97 Å². The molecule has 1 atom stereocenters. The highest BCUT2D eigenvalue weighted by molar-refractivity contribution is 5.86. The number of carboxylic acid groups (broad SMARTS) is 1. The van der Waals surface area contributed by atoms with Crippen LogP contribution in [0.2, 0.25) is 0 Å². The molecule has 0 spiro atoms. The molecule has 1 aromatic rings. The first-order chi connectivity index (χ1) is 7.74. The molecule has 0 aliphatic carbocycles. The molecule has 1 N–H and O–H groups in total. The zero-order chi connectivity index (χ0) is 11.5. The molecule has 6 nitrogen and oxygen atoms in total. The Kier molecular flexibility index (Phi) is 3.19. The van der Waals surface area contributed by atoms with E-state index in [1.54, 1.807) is 4.68 Å². The number of hydrogen-bond donors (Lipinski definition) is 1. The fourth-order valence-corrected chi connectivity index (χ4v) is 1.96. The van der Waals surface area contributed by atoms with Gasteiger partial charge in [0.25, 0.3) is 0 Å². The summed E-state index contributed by atoms with van der Waals surface area (Å²) >= 11 is 0. The average Bonchev–Trinajstić information content (AvgIpc) is 2.84. The molecule has 0 amide bonds. The van der Waals surface area contributed by atoms with Crippen LogP contribution in [-0.4, -0.2) is 39.3 Å². The minimum atomic E-state index is -1.01. The van der Waals surface area contributed by atoms with Crippen LogP contribution in [0.3, 0.4) is 0 Å². The van der Waals surface area contributed by atoms with Crippen molar-refractivity contribution in [1.82, 2.24) is 15.0 Å². The van der Waals surface area contributed by atoms with Gasteiger partial charge < -0.3 is 9.84 Å². The van der Waals surface area contributed by atoms with Crippen molar-refractivity contribution in [3.63, 3.8) is 0 Å². The summed E-state index contributed by atoms with van der Waals surface area (Å²) in [6.45, 7) is 3.31. The van der Waals surface area contributed by atoms with Crippen molar-refractivity contribution < 1.29 is 14.6 Å². The lowest BCUT2D eigenvalue weighted by atomic mass is 10.2. The van der Waals surface area contributed by atoms with E-state index in [1.807, 2.05) is 6.92 Å². The topological polar surface area (TPSA) is 77.2 Å². The Labute approximate surface area is 93.2 Å². The van der Waals surface area contributed by atoms with Gasteiger partial charge in [0, 0.05) is 6.61 Å². The Morgan fingerprint density at radius 1 is 1.69 bits per heavy atom. The molecule has 2 rings (SSSR count). The quantitative estimate of drug-likeness (QED) is 0.823.